The van der Waals surface area contributed by atoms with E-state index in [-0.39, 0.29) is 12.2 Å². The molecule has 0 saturated heterocycles. The zero-order valence-electron chi connectivity index (χ0n) is 18.6. The second-order valence-corrected chi connectivity index (χ2v) is 9.94. The molecule has 0 aliphatic heterocycles. The first-order valence-electron chi connectivity index (χ1n) is 11.3. The lowest BCUT2D eigenvalue weighted by Crippen LogP contribution is -2.36. The molecule has 0 aromatic carbocycles. The maximum Gasteiger partial charge on any atom is 0.331 e. The molecule has 4 heteroatoms. The highest BCUT2D eigenvalue weighted by molar-refractivity contribution is 5.91. The Morgan fingerprint density at radius 2 is 1.07 bits per heavy atom. The van der Waals surface area contributed by atoms with Crippen molar-refractivity contribution in [1.29, 1.82) is 0 Å². The lowest BCUT2D eigenvalue weighted by Gasteiger charge is -2.36. The van der Waals surface area contributed by atoms with Crippen molar-refractivity contribution in [3.05, 3.63) is 12.2 Å². The fourth-order valence-electron chi connectivity index (χ4n) is 5.01. The van der Waals surface area contributed by atoms with Crippen molar-refractivity contribution in [3.8, 4) is 0 Å². The molecule has 0 amide bonds. The van der Waals surface area contributed by atoms with Crippen LogP contribution in [-0.4, -0.2) is 24.1 Å². The van der Waals surface area contributed by atoms with Gasteiger partial charge in [-0.25, -0.2) is 9.59 Å². The van der Waals surface area contributed by atoms with Crippen LogP contribution in [0.25, 0.3) is 0 Å². The van der Waals surface area contributed by atoms with Crippen LogP contribution < -0.4 is 0 Å². The molecule has 2 aliphatic rings. The van der Waals surface area contributed by atoms with Crippen molar-refractivity contribution in [3.63, 3.8) is 0 Å². The van der Waals surface area contributed by atoms with Crippen molar-refractivity contribution in [2.75, 3.05) is 0 Å². The summed E-state index contributed by atoms with van der Waals surface area (Å²) in [6, 6.07) is 0. The number of carbonyl (C=O) groups is 2. The minimum atomic E-state index is -0.431. The molecular formula is C24H40O4. The molecule has 0 radical (unpaired) electrons. The van der Waals surface area contributed by atoms with Crippen LogP contribution in [0.4, 0.5) is 0 Å². The van der Waals surface area contributed by atoms with Gasteiger partial charge in [0.05, 0.1) is 0 Å². The minimum absolute atomic E-state index is 0.0542. The molecule has 0 bridgehead atoms. The van der Waals surface area contributed by atoms with E-state index in [1.165, 1.54) is 25.0 Å². The molecule has 0 N–H and O–H groups in total. The van der Waals surface area contributed by atoms with Crippen molar-refractivity contribution in [2.24, 2.45) is 35.5 Å². The molecule has 0 heterocycles. The summed E-state index contributed by atoms with van der Waals surface area (Å²) in [6.45, 7) is 13.2. The number of hydrogen-bond acceptors (Lipinski definition) is 4. The zero-order chi connectivity index (χ0) is 20.8. The lowest BCUT2D eigenvalue weighted by atomic mass is 9.75. The van der Waals surface area contributed by atoms with Crippen LogP contribution in [0.2, 0.25) is 0 Å². The summed E-state index contributed by atoms with van der Waals surface area (Å²) in [6.07, 6.45) is 8.77. The summed E-state index contributed by atoms with van der Waals surface area (Å²) in [5, 5.41) is 0. The summed E-state index contributed by atoms with van der Waals surface area (Å²) < 4.78 is 11.4. The molecule has 2 aliphatic carbocycles. The Morgan fingerprint density at radius 3 is 1.39 bits per heavy atom. The van der Waals surface area contributed by atoms with E-state index in [0.29, 0.717) is 35.5 Å². The molecule has 28 heavy (non-hydrogen) atoms. The Bertz CT molecular complexity index is 503. The average molecular weight is 393 g/mol. The Kier molecular flexibility index (Phi) is 8.57. The Labute approximate surface area is 171 Å². The second-order valence-electron chi connectivity index (χ2n) is 9.94. The van der Waals surface area contributed by atoms with Gasteiger partial charge in [0.2, 0.25) is 0 Å². The van der Waals surface area contributed by atoms with Crippen molar-refractivity contribution < 1.29 is 19.1 Å². The van der Waals surface area contributed by atoms with Crippen LogP contribution >= 0.6 is 0 Å². The van der Waals surface area contributed by atoms with E-state index in [2.05, 4.69) is 41.5 Å². The SMILES string of the molecule is CC(C)[C@H]1CC[C@H](C)C[C@@H]1OC(=O)C=CC(=O)O[C@@H]1C[C@H](C)CC[C@H]1C(C)C. The van der Waals surface area contributed by atoms with Crippen molar-refractivity contribution in [2.45, 2.75) is 92.3 Å². The predicted molar refractivity (Wildman–Crippen MR) is 112 cm³/mol. The third-order valence-electron chi connectivity index (χ3n) is 6.81. The van der Waals surface area contributed by atoms with E-state index in [4.69, 9.17) is 9.47 Å². The first kappa shape index (κ1) is 23.0. The summed E-state index contributed by atoms with van der Waals surface area (Å²) in [5.41, 5.74) is 0. The van der Waals surface area contributed by atoms with Crippen LogP contribution in [0.1, 0.15) is 80.1 Å². The highest BCUT2D eigenvalue weighted by Gasteiger charge is 2.34. The van der Waals surface area contributed by atoms with Crippen molar-refractivity contribution >= 4 is 11.9 Å². The molecule has 2 fully saturated rings. The Morgan fingerprint density at radius 1 is 0.714 bits per heavy atom. The molecule has 0 aromatic rings. The summed E-state index contributed by atoms with van der Waals surface area (Å²) in [4.78, 5) is 24.6. The van der Waals surface area contributed by atoms with Gasteiger partial charge in [-0.15, -0.1) is 0 Å². The quantitative estimate of drug-likeness (QED) is 0.439. The molecule has 0 aromatic heterocycles. The fraction of sp³-hybridized carbons (Fsp3) is 0.833. The molecule has 4 nitrogen and oxygen atoms in total. The average Bonchev–Trinajstić information content (AvgIpc) is 2.59. The highest BCUT2D eigenvalue weighted by Crippen LogP contribution is 2.36. The van der Waals surface area contributed by atoms with Crippen LogP contribution in [0.5, 0.6) is 0 Å². The maximum atomic E-state index is 12.3. The van der Waals surface area contributed by atoms with Crippen LogP contribution in [-0.2, 0) is 19.1 Å². The number of hydrogen-bond donors (Lipinski definition) is 0. The standard InChI is InChI=1S/C24H40O4/c1-15(2)19-9-7-17(5)13-21(19)27-23(25)11-12-24(26)28-22-14-18(6)8-10-20(22)16(3)4/h11-12,15-22H,7-10,13-14H2,1-6H3/t17-,18+,19+,20-,21-,22+. The maximum absolute atomic E-state index is 12.3. The Balaban J connectivity index is 1.89. The monoisotopic (exact) mass is 392 g/mol. The Hall–Kier alpha value is -1.32. The lowest BCUT2D eigenvalue weighted by molar-refractivity contribution is -0.152. The van der Waals surface area contributed by atoms with Crippen LogP contribution in [0.3, 0.4) is 0 Å². The van der Waals surface area contributed by atoms with E-state index >= 15 is 0 Å². The molecule has 160 valence electrons. The largest absolute Gasteiger partial charge is 0.459 e. The van der Waals surface area contributed by atoms with Gasteiger partial charge in [-0.05, 0) is 61.2 Å². The van der Waals surface area contributed by atoms with Gasteiger partial charge in [-0.1, -0.05) is 54.4 Å². The first-order chi connectivity index (χ1) is 13.2. The van der Waals surface area contributed by atoms with Crippen LogP contribution in [0.15, 0.2) is 12.2 Å². The van der Waals surface area contributed by atoms with E-state index in [1.54, 1.807) is 0 Å². The van der Waals surface area contributed by atoms with Gasteiger partial charge in [0, 0.05) is 12.2 Å². The number of ether oxygens (including phenoxy) is 2. The smallest absolute Gasteiger partial charge is 0.331 e. The third-order valence-corrected chi connectivity index (χ3v) is 6.81. The van der Waals surface area contributed by atoms with E-state index < -0.39 is 11.9 Å². The molecular weight excluding hydrogens is 352 g/mol. The first-order valence-corrected chi connectivity index (χ1v) is 11.3. The fourth-order valence-corrected chi connectivity index (χ4v) is 5.01. The third kappa shape index (κ3) is 6.63. The molecule has 0 spiro atoms. The van der Waals surface area contributed by atoms with Gasteiger partial charge in [-0.3, -0.25) is 0 Å². The molecule has 2 saturated carbocycles. The topological polar surface area (TPSA) is 52.6 Å². The van der Waals surface area contributed by atoms with Gasteiger partial charge in [0.25, 0.3) is 0 Å². The minimum Gasteiger partial charge on any atom is -0.459 e. The van der Waals surface area contributed by atoms with Gasteiger partial charge in [0.1, 0.15) is 12.2 Å². The summed E-state index contributed by atoms with van der Waals surface area (Å²) in [7, 11) is 0. The summed E-state index contributed by atoms with van der Waals surface area (Å²) >= 11 is 0. The molecule has 2 rings (SSSR count). The second kappa shape index (κ2) is 10.5. The van der Waals surface area contributed by atoms with Crippen molar-refractivity contribution in [1.82, 2.24) is 0 Å². The molecule has 0 unspecified atom stereocenters. The number of rotatable bonds is 6. The van der Waals surface area contributed by atoms with Gasteiger partial charge >= 0.3 is 11.9 Å². The summed E-state index contributed by atoms with van der Waals surface area (Å²) in [5.74, 6) is 2.05. The molecule has 6 atom stereocenters. The van der Waals surface area contributed by atoms with Gasteiger partial charge in [-0.2, -0.15) is 0 Å². The normalized spacial score (nSPS) is 34.0. The van der Waals surface area contributed by atoms with E-state index in [1.807, 2.05) is 0 Å². The van der Waals surface area contributed by atoms with E-state index in [0.717, 1.165) is 25.7 Å². The van der Waals surface area contributed by atoms with E-state index in [9.17, 15) is 9.59 Å². The van der Waals surface area contributed by atoms with Crippen LogP contribution in [0, 0.1) is 35.5 Å². The highest BCUT2D eigenvalue weighted by atomic mass is 16.5. The number of carbonyl (C=O) groups excluding carboxylic acids is 2. The predicted octanol–water partition coefficient (Wildman–Crippen LogP) is 5.55. The number of esters is 2. The van der Waals surface area contributed by atoms with Gasteiger partial charge in [0.15, 0.2) is 0 Å². The zero-order valence-corrected chi connectivity index (χ0v) is 18.6. The van der Waals surface area contributed by atoms with Gasteiger partial charge < -0.3 is 9.47 Å².